The van der Waals surface area contributed by atoms with Gasteiger partial charge in [0, 0.05) is 31.2 Å². The van der Waals surface area contributed by atoms with Crippen molar-refractivity contribution in [3.05, 3.63) is 47.9 Å². The lowest BCUT2D eigenvalue weighted by molar-refractivity contribution is -0.113. The highest BCUT2D eigenvalue weighted by Crippen LogP contribution is 2.22. The number of thioether (sulfide) groups is 1. The van der Waals surface area contributed by atoms with Crippen molar-refractivity contribution < 1.29 is 4.79 Å². The van der Waals surface area contributed by atoms with Gasteiger partial charge in [-0.2, -0.15) is 0 Å². The van der Waals surface area contributed by atoms with E-state index in [2.05, 4.69) is 25.5 Å². The number of hydrogen-bond acceptors (Lipinski definition) is 6. The Kier molecular flexibility index (Phi) is 5.07. The monoisotopic (exact) mass is 360 g/mol. The van der Waals surface area contributed by atoms with E-state index in [-0.39, 0.29) is 11.7 Å². The number of aromatic nitrogens is 5. The molecular formula is C15H13ClN6OS. The molecule has 3 aromatic heterocycles. The minimum absolute atomic E-state index is 0.178. The third-order valence-corrected chi connectivity index (χ3v) is 4.34. The van der Waals surface area contributed by atoms with Crippen LogP contribution in [0.25, 0.3) is 11.4 Å². The molecule has 0 aliphatic heterocycles. The SMILES string of the molecule is Cn1c(SCC(=O)Nc2ccc(Cl)cn2)nnc1-c1ccncc1. The Balaban J connectivity index is 1.62. The second-order valence-corrected chi connectivity index (χ2v) is 6.18. The van der Waals surface area contributed by atoms with E-state index in [4.69, 9.17) is 11.6 Å². The molecule has 0 unspecified atom stereocenters. The van der Waals surface area contributed by atoms with Crippen LogP contribution in [0.3, 0.4) is 0 Å². The lowest BCUT2D eigenvalue weighted by atomic mass is 10.2. The number of carbonyl (C=O) groups excluding carboxylic acids is 1. The standard InChI is InChI=1S/C15H13ClN6OS/c1-22-14(10-4-6-17-7-5-10)20-21-15(22)24-9-13(23)19-12-3-2-11(16)8-18-12/h2-8H,9H2,1H3,(H,18,19,23). The van der Waals surface area contributed by atoms with Gasteiger partial charge in [-0.25, -0.2) is 4.98 Å². The first-order valence-electron chi connectivity index (χ1n) is 6.97. The lowest BCUT2D eigenvalue weighted by Crippen LogP contribution is -2.15. The number of anilines is 1. The summed E-state index contributed by atoms with van der Waals surface area (Å²) in [6.07, 6.45) is 4.88. The van der Waals surface area contributed by atoms with Crippen LogP contribution in [0.2, 0.25) is 5.02 Å². The average molecular weight is 361 g/mol. The fraction of sp³-hybridized carbons (Fsp3) is 0.133. The summed E-state index contributed by atoms with van der Waals surface area (Å²) in [5.74, 6) is 1.20. The van der Waals surface area contributed by atoms with Gasteiger partial charge in [-0.15, -0.1) is 10.2 Å². The molecule has 0 saturated carbocycles. The van der Waals surface area contributed by atoms with Gasteiger partial charge in [-0.1, -0.05) is 23.4 Å². The van der Waals surface area contributed by atoms with E-state index in [0.717, 1.165) is 11.4 Å². The molecule has 0 aliphatic rings. The summed E-state index contributed by atoms with van der Waals surface area (Å²) < 4.78 is 1.84. The minimum atomic E-state index is -0.178. The number of pyridine rings is 2. The van der Waals surface area contributed by atoms with Crippen LogP contribution >= 0.6 is 23.4 Å². The lowest BCUT2D eigenvalue weighted by Gasteiger charge is -2.05. The Bertz CT molecular complexity index is 837. The Morgan fingerprint density at radius 2 is 2.04 bits per heavy atom. The average Bonchev–Trinajstić information content (AvgIpc) is 2.97. The minimum Gasteiger partial charge on any atom is -0.310 e. The van der Waals surface area contributed by atoms with Gasteiger partial charge in [-0.05, 0) is 24.3 Å². The number of hydrogen-bond donors (Lipinski definition) is 1. The summed E-state index contributed by atoms with van der Waals surface area (Å²) in [4.78, 5) is 20.0. The molecule has 0 fully saturated rings. The van der Waals surface area contributed by atoms with Crippen LogP contribution in [-0.2, 0) is 11.8 Å². The van der Waals surface area contributed by atoms with Crippen LogP contribution in [0, 0.1) is 0 Å². The van der Waals surface area contributed by atoms with E-state index in [1.165, 1.54) is 18.0 Å². The molecule has 0 aromatic carbocycles. The quantitative estimate of drug-likeness (QED) is 0.704. The molecular weight excluding hydrogens is 348 g/mol. The fourth-order valence-electron chi connectivity index (χ4n) is 1.95. The van der Waals surface area contributed by atoms with Gasteiger partial charge in [0.05, 0.1) is 10.8 Å². The number of nitrogens with one attached hydrogen (secondary N) is 1. The Hall–Kier alpha value is -2.45. The zero-order valence-corrected chi connectivity index (χ0v) is 14.3. The summed E-state index contributed by atoms with van der Waals surface area (Å²) in [7, 11) is 1.86. The normalized spacial score (nSPS) is 10.6. The molecule has 24 heavy (non-hydrogen) atoms. The largest absolute Gasteiger partial charge is 0.310 e. The zero-order chi connectivity index (χ0) is 16.9. The van der Waals surface area contributed by atoms with Crippen LogP contribution in [-0.4, -0.2) is 36.4 Å². The Labute approximate surface area is 147 Å². The molecule has 0 aliphatic carbocycles. The molecule has 7 nitrogen and oxygen atoms in total. The van der Waals surface area contributed by atoms with Crippen molar-refractivity contribution in [1.82, 2.24) is 24.7 Å². The van der Waals surface area contributed by atoms with Crippen molar-refractivity contribution in [2.75, 3.05) is 11.1 Å². The highest BCUT2D eigenvalue weighted by Gasteiger charge is 2.13. The van der Waals surface area contributed by atoms with Crippen molar-refractivity contribution in [3.63, 3.8) is 0 Å². The number of rotatable bonds is 5. The van der Waals surface area contributed by atoms with E-state index in [1.807, 2.05) is 23.7 Å². The fourth-order valence-corrected chi connectivity index (χ4v) is 2.77. The topological polar surface area (TPSA) is 85.6 Å². The van der Waals surface area contributed by atoms with Crippen molar-refractivity contribution in [2.24, 2.45) is 7.05 Å². The summed E-state index contributed by atoms with van der Waals surface area (Å²) in [6.45, 7) is 0. The molecule has 3 heterocycles. The third-order valence-electron chi connectivity index (χ3n) is 3.10. The summed E-state index contributed by atoms with van der Waals surface area (Å²) in [6, 6.07) is 7.03. The van der Waals surface area contributed by atoms with Crippen LogP contribution in [0.5, 0.6) is 0 Å². The summed E-state index contributed by atoms with van der Waals surface area (Å²) >= 11 is 7.06. The van der Waals surface area contributed by atoms with Gasteiger partial charge in [0.15, 0.2) is 11.0 Å². The van der Waals surface area contributed by atoms with Crippen molar-refractivity contribution in [3.8, 4) is 11.4 Å². The van der Waals surface area contributed by atoms with E-state index >= 15 is 0 Å². The van der Waals surface area contributed by atoms with Crippen LogP contribution < -0.4 is 5.32 Å². The molecule has 1 N–H and O–H groups in total. The molecule has 0 radical (unpaired) electrons. The molecule has 0 atom stereocenters. The van der Waals surface area contributed by atoms with Gasteiger partial charge in [0.2, 0.25) is 5.91 Å². The van der Waals surface area contributed by atoms with Crippen molar-refractivity contribution in [1.29, 1.82) is 0 Å². The second-order valence-electron chi connectivity index (χ2n) is 4.80. The van der Waals surface area contributed by atoms with Gasteiger partial charge in [0.25, 0.3) is 0 Å². The molecule has 0 bridgehead atoms. The van der Waals surface area contributed by atoms with Crippen LogP contribution in [0.15, 0.2) is 48.0 Å². The first-order chi connectivity index (χ1) is 11.6. The molecule has 0 saturated heterocycles. The predicted molar refractivity (Wildman–Crippen MR) is 92.8 cm³/mol. The van der Waals surface area contributed by atoms with Gasteiger partial charge < -0.3 is 9.88 Å². The molecule has 1 amide bonds. The number of nitrogens with zero attached hydrogens (tertiary/aromatic N) is 5. The number of amides is 1. The maximum Gasteiger partial charge on any atom is 0.236 e. The third kappa shape index (κ3) is 3.90. The van der Waals surface area contributed by atoms with Crippen molar-refractivity contribution >= 4 is 35.1 Å². The van der Waals surface area contributed by atoms with Gasteiger partial charge >= 0.3 is 0 Å². The molecule has 3 aromatic rings. The maximum absolute atomic E-state index is 12.0. The summed E-state index contributed by atoms with van der Waals surface area (Å²) in [5, 5.41) is 12.2. The van der Waals surface area contributed by atoms with Gasteiger partial charge in [-0.3, -0.25) is 9.78 Å². The molecule has 3 rings (SSSR count). The highest BCUT2D eigenvalue weighted by atomic mass is 35.5. The van der Waals surface area contributed by atoms with E-state index in [1.54, 1.807) is 24.5 Å². The summed E-state index contributed by atoms with van der Waals surface area (Å²) in [5.41, 5.74) is 0.918. The molecule has 0 spiro atoms. The Morgan fingerprint density at radius 1 is 1.25 bits per heavy atom. The maximum atomic E-state index is 12.0. The van der Waals surface area contributed by atoms with Crippen molar-refractivity contribution in [2.45, 2.75) is 5.16 Å². The van der Waals surface area contributed by atoms with E-state index in [9.17, 15) is 4.79 Å². The molecule has 9 heteroatoms. The zero-order valence-electron chi connectivity index (χ0n) is 12.7. The van der Waals surface area contributed by atoms with Crippen LogP contribution in [0.4, 0.5) is 5.82 Å². The van der Waals surface area contributed by atoms with Gasteiger partial charge in [0.1, 0.15) is 5.82 Å². The number of carbonyl (C=O) groups is 1. The highest BCUT2D eigenvalue weighted by molar-refractivity contribution is 7.99. The number of halogens is 1. The smallest absolute Gasteiger partial charge is 0.236 e. The first-order valence-corrected chi connectivity index (χ1v) is 8.34. The molecule has 122 valence electrons. The van der Waals surface area contributed by atoms with Crippen LogP contribution in [0.1, 0.15) is 0 Å². The second kappa shape index (κ2) is 7.41. The van der Waals surface area contributed by atoms with E-state index in [0.29, 0.717) is 16.0 Å². The first kappa shape index (κ1) is 16.4. The Morgan fingerprint density at radius 3 is 2.75 bits per heavy atom. The van der Waals surface area contributed by atoms with E-state index < -0.39 is 0 Å². The predicted octanol–water partition coefficient (Wildman–Crippen LogP) is 2.66.